The van der Waals surface area contributed by atoms with Gasteiger partial charge in [-0.3, -0.25) is 4.79 Å². The maximum absolute atomic E-state index is 12.4. The van der Waals surface area contributed by atoms with E-state index in [2.05, 4.69) is 54.4 Å². The Morgan fingerprint density at radius 2 is 1.96 bits per heavy atom. The summed E-state index contributed by atoms with van der Waals surface area (Å²) in [5.41, 5.74) is 3.55. The molecule has 23 heavy (non-hydrogen) atoms. The first kappa shape index (κ1) is 15.9. The molecule has 0 bridgehead atoms. The van der Waals surface area contributed by atoms with Crippen LogP contribution in [0.15, 0.2) is 53.4 Å². The summed E-state index contributed by atoms with van der Waals surface area (Å²) in [5, 5.41) is 3.54. The van der Waals surface area contributed by atoms with E-state index in [4.69, 9.17) is 0 Å². The molecule has 0 radical (unpaired) electrons. The van der Waals surface area contributed by atoms with Gasteiger partial charge in [0.25, 0.3) is 0 Å². The Morgan fingerprint density at radius 3 is 2.78 bits per heavy atom. The summed E-state index contributed by atoms with van der Waals surface area (Å²) >= 11 is 1.88. The summed E-state index contributed by atoms with van der Waals surface area (Å²) in [4.78, 5) is 15.8. The number of carbonyl (C=O) groups is 1. The van der Waals surface area contributed by atoms with Gasteiger partial charge in [0.05, 0.1) is 12.2 Å². The molecule has 1 aliphatic heterocycles. The molecule has 1 aliphatic rings. The molecule has 0 saturated carbocycles. The second-order valence-electron chi connectivity index (χ2n) is 5.98. The molecule has 1 atom stereocenters. The first-order chi connectivity index (χ1) is 11.1. The third kappa shape index (κ3) is 3.88. The van der Waals surface area contributed by atoms with E-state index < -0.39 is 0 Å². The molecule has 0 saturated heterocycles. The van der Waals surface area contributed by atoms with Gasteiger partial charge in [0.1, 0.15) is 0 Å². The first-order valence-electron chi connectivity index (χ1n) is 7.95. The van der Waals surface area contributed by atoms with E-state index in [9.17, 15) is 4.79 Å². The van der Waals surface area contributed by atoms with Crippen molar-refractivity contribution in [1.29, 1.82) is 0 Å². The second-order valence-corrected chi connectivity index (χ2v) is 7.46. The molecule has 1 N–H and O–H groups in total. The number of nitrogens with one attached hydrogen (secondary N) is 1. The fourth-order valence-electron chi connectivity index (χ4n) is 2.86. The lowest BCUT2D eigenvalue weighted by Crippen LogP contribution is -2.41. The average molecular weight is 326 g/mol. The minimum atomic E-state index is 0.0714. The number of carbonyl (C=O) groups excluding carboxylic acids is 1. The fourth-order valence-corrected chi connectivity index (χ4v) is 4.02. The number of para-hydroxylation sites is 1. The number of thioether (sulfide) groups is 1. The van der Waals surface area contributed by atoms with E-state index in [-0.39, 0.29) is 5.91 Å². The Hall–Kier alpha value is -1.94. The largest absolute Gasteiger partial charge is 0.360 e. The second kappa shape index (κ2) is 7.09. The van der Waals surface area contributed by atoms with Crippen LogP contribution in [0, 0.1) is 6.92 Å². The van der Waals surface area contributed by atoms with Crippen LogP contribution in [0.1, 0.15) is 18.1 Å². The maximum Gasteiger partial charge on any atom is 0.239 e. The first-order valence-corrected chi connectivity index (χ1v) is 8.83. The number of anilines is 1. The predicted octanol–water partition coefficient (Wildman–Crippen LogP) is 3.61. The standard InChI is InChI=1S/C19H22N2OS/c1-14-7-3-4-8-16(14)11-20-19(22)13-21-12-15(2)23-18-10-6-5-9-17(18)21/h3-10,15H,11-13H2,1-2H3,(H,20,22). The molecule has 1 heterocycles. The molecule has 2 aromatic rings. The molecule has 0 fully saturated rings. The van der Waals surface area contributed by atoms with Crippen LogP contribution >= 0.6 is 11.8 Å². The summed E-state index contributed by atoms with van der Waals surface area (Å²) in [6.07, 6.45) is 0. The van der Waals surface area contributed by atoms with Crippen LogP contribution in [0.3, 0.4) is 0 Å². The Balaban J connectivity index is 1.63. The summed E-state index contributed by atoms with van der Waals surface area (Å²) in [5.74, 6) is 0.0714. The minimum Gasteiger partial charge on any atom is -0.360 e. The molecule has 1 amide bonds. The smallest absolute Gasteiger partial charge is 0.239 e. The van der Waals surface area contributed by atoms with Crippen molar-refractivity contribution in [3.05, 3.63) is 59.7 Å². The molecular formula is C19H22N2OS. The van der Waals surface area contributed by atoms with Gasteiger partial charge in [-0.05, 0) is 30.2 Å². The summed E-state index contributed by atoms with van der Waals surface area (Å²) in [7, 11) is 0. The van der Waals surface area contributed by atoms with Crippen molar-refractivity contribution in [2.24, 2.45) is 0 Å². The van der Waals surface area contributed by atoms with Gasteiger partial charge in [0.15, 0.2) is 0 Å². The third-order valence-corrected chi connectivity index (χ3v) is 5.23. The highest BCUT2D eigenvalue weighted by Crippen LogP contribution is 2.37. The van der Waals surface area contributed by atoms with Crippen molar-refractivity contribution < 1.29 is 4.79 Å². The van der Waals surface area contributed by atoms with Gasteiger partial charge in [-0.25, -0.2) is 0 Å². The van der Waals surface area contributed by atoms with E-state index >= 15 is 0 Å². The van der Waals surface area contributed by atoms with Gasteiger partial charge in [0, 0.05) is 23.2 Å². The van der Waals surface area contributed by atoms with Crippen molar-refractivity contribution >= 4 is 23.4 Å². The summed E-state index contributed by atoms with van der Waals surface area (Å²) in [6.45, 7) is 6.18. The number of aryl methyl sites for hydroxylation is 1. The lowest BCUT2D eigenvalue weighted by Gasteiger charge is -2.33. The van der Waals surface area contributed by atoms with Crippen molar-refractivity contribution in [3.8, 4) is 0 Å². The molecule has 3 rings (SSSR count). The molecule has 2 aromatic carbocycles. The maximum atomic E-state index is 12.4. The van der Waals surface area contributed by atoms with Crippen LogP contribution in [0.5, 0.6) is 0 Å². The van der Waals surface area contributed by atoms with Gasteiger partial charge in [0.2, 0.25) is 5.91 Å². The third-order valence-electron chi connectivity index (χ3n) is 4.08. The average Bonchev–Trinajstić information content (AvgIpc) is 2.54. The van der Waals surface area contributed by atoms with Crippen LogP contribution in [0.4, 0.5) is 5.69 Å². The number of rotatable bonds is 4. The van der Waals surface area contributed by atoms with Gasteiger partial charge in [-0.2, -0.15) is 0 Å². The number of hydrogen-bond donors (Lipinski definition) is 1. The fraction of sp³-hybridized carbons (Fsp3) is 0.316. The number of nitrogens with zero attached hydrogens (tertiary/aromatic N) is 1. The monoisotopic (exact) mass is 326 g/mol. The van der Waals surface area contributed by atoms with E-state index in [1.807, 2.05) is 30.0 Å². The molecule has 0 aliphatic carbocycles. The quantitative estimate of drug-likeness (QED) is 0.931. The molecule has 0 aromatic heterocycles. The van der Waals surface area contributed by atoms with Crippen LogP contribution in [-0.2, 0) is 11.3 Å². The van der Waals surface area contributed by atoms with E-state index in [0.717, 1.165) is 6.54 Å². The number of benzene rings is 2. The Kier molecular flexibility index (Phi) is 4.91. The van der Waals surface area contributed by atoms with Crippen molar-refractivity contribution in [2.75, 3.05) is 18.0 Å². The zero-order valence-electron chi connectivity index (χ0n) is 13.6. The van der Waals surface area contributed by atoms with Crippen molar-refractivity contribution in [3.63, 3.8) is 0 Å². The lowest BCUT2D eigenvalue weighted by atomic mass is 10.1. The lowest BCUT2D eigenvalue weighted by molar-refractivity contribution is -0.119. The zero-order valence-corrected chi connectivity index (χ0v) is 14.4. The van der Waals surface area contributed by atoms with Crippen molar-refractivity contribution in [2.45, 2.75) is 30.5 Å². The van der Waals surface area contributed by atoms with Gasteiger partial charge in [-0.1, -0.05) is 43.3 Å². The summed E-state index contributed by atoms with van der Waals surface area (Å²) in [6, 6.07) is 16.5. The van der Waals surface area contributed by atoms with Gasteiger partial charge in [-0.15, -0.1) is 11.8 Å². The van der Waals surface area contributed by atoms with Crippen LogP contribution in [0.25, 0.3) is 0 Å². The highest BCUT2D eigenvalue weighted by atomic mass is 32.2. The number of fused-ring (bicyclic) bond motifs is 1. The Morgan fingerprint density at radius 1 is 1.22 bits per heavy atom. The normalized spacial score (nSPS) is 16.8. The molecule has 4 heteroatoms. The number of hydrogen-bond acceptors (Lipinski definition) is 3. The van der Waals surface area contributed by atoms with Crippen LogP contribution in [0.2, 0.25) is 0 Å². The highest BCUT2D eigenvalue weighted by Gasteiger charge is 2.23. The predicted molar refractivity (Wildman–Crippen MR) is 97.0 cm³/mol. The number of amides is 1. The topological polar surface area (TPSA) is 32.3 Å². The van der Waals surface area contributed by atoms with E-state index in [1.165, 1.54) is 21.7 Å². The van der Waals surface area contributed by atoms with Gasteiger partial charge >= 0.3 is 0 Å². The van der Waals surface area contributed by atoms with E-state index in [0.29, 0.717) is 18.3 Å². The van der Waals surface area contributed by atoms with Crippen molar-refractivity contribution in [1.82, 2.24) is 5.32 Å². The van der Waals surface area contributed by atoms with Crippen LogP contribution in [-0.4, -0.2) is 24.2 Å². The SMILES string of the molecule is Cc1ccccc1CNC(=O)CN1CC(C)Sc2ccccc21. The highest BCUT2D eigenvalue weighted by molar-refractivity contribution is 8.00. The molecular weight excluding hydrogens is 304 g/mol. The van der Waals surface area contributed by atoms with Gasteiger partial charge < -0.3 is 10.2 Å². The van der Waals surface area contributed by atoms with Crippen LogP contribution < -0.4 is 10.2 Å². The molecule has 3 nitrogen and oxygen atoms in total. The summed E-state index contributed by atoms with van der Waals surface area (Å²) < 4.78 is 0. The Labute approximate surface area is 142 Å². The zero-order chi connectivity index (χ0) is 16.2. The Bertz CT molecular complexity index is 701. The van der Waals surface area contributed by atoms with E-state index in [1.54, 1.807) is 0 Å². The molecule has 120 valence electrons. The molecule has 1 unspecified atom stereocenters. The molecule has 0 spiro atoms. The minimum absolute atomic E-state index is 0.0714.